The van der Waals surface area contributed by atoms with E-state index in [2.05, 4.69) is 29.8 Å². The number of hydrogen-bond donors (Lipinski definition) is 1. The van der Waals surface area contributed by atoms with Gasteiger partial charge in [-0.3, -0.25) is 0 Å². The lowest BCUT2D eigenvalue weighted by Crippen LogP contribution is -2.11. The molecule has 19 heavy (non-hydrogen) atoms. The highest BCUT2D eigenvalue weighted by Gasteiger charge is 2.14. The molecule has 1 atom stereocenters. The molecule has 0 radical (unpaired) electrons. The average Bonchev–Trinajstić information content (AvgIpc) is 2.36. The molecule has 1 aromatic rings. The molecule has 0 heterocycles. The Morgan fingerprint density at radius 3 is 1.95 bits per heavy atom. The van der Waals surface area contributed by atoms with Gasteiger partial charge >= 0.3 is 0 Å². The number of hydrogen-bond acceptors (Lipinski definition) is 3. The van der Waals surface area contributed by atoms with Gasteiger partial charge in [0.25, 0.3) is 0 Å². The second-order valence-electron chi connectivity index (χ2n) is 4.82. The van der Waals surface area contributed by atoms with Crippen molar-refractivity contribution in [2.75, 3.05) is 14.2 Å². The number of halogens is 2. The van der Waals surface area contributed by atoms with Crippen molar-refractivity contribution in [3.63, 3.8) is 0 Å². The lowest BCUT2D eigenvalue weighted by atomic mass is 9.98. The summed E-state index contributed by atoms with van der Waals surface area (Å²) in [6.45, 7) is 4.41. The Bertz CT molecular complexity index is 374. The molecule has 0 aliphatic heterocycles. The van der Waals surface area contributed by atoms with E-state index in [1.807, 2.05) is 12.1 Å². The van der Waals surface area contributed by atoms with Crippen molar-refractivity contribution in [1.29, 1.82) is 0 Å². The minimum Gasteiger partial charge on any atom is -0.495 e. The molecule has 110 valence electrons. The van der Waals surface area contributed by atoms with Gasteiger partial charge in [0.05, 0.1) is 14.2 Å². The molecule has 0 amide bonds. The van der Waals surface area contributed by atoms with E-state index < -0.39 is 0 Å². The number of nitrogens with two attached hydrogens (primary N) is 1. The van der Waals surface area contributed by atoms with Gasteiger partial charge in [-0.15, -0.1) is 12.4 Å². The van der Waals surface area contributed by atoms with Gasteiger partial charge in [-0.05, 0) is 52.4 Å². The summed E-state index contributed by atoms with van der Waals surface area (Å²) in [5.74, 6) is 2.17. The number of ether oxygens (including phenoxy) is 2. The third kappa shape index (κ3) is 5.21. The fraction of sp³-hybridized carbons (Fsp3) is 0.571. The first-order valence-electron chi connectivity index (χ1n) is 6.16. The summed E-state index contributed by atoms with van der Waals surface area (Å²) < 4.78 is 11.5. The lowest BCUT2D eigenvalue weighted by molar-refractivity contribution is 0.387. The molecule has 2 N–H and O–H groups in total. The zero-order valence-corrected chi connectivity index (χ0v) is 14.3. The number of benzene rings is 1. The third-order valence-electron chi connectivity index (χ3n) is 2.95. The highest BCUT2D eigenvalue weighted by Crippen LogP contribution is 2.37. The molecule has 0 saturated heterocycles. The summed E-state index contributed by atoms with van der Waals surface area (Å²) in [6, 6.07) is 3.96. The zero-order valence-electron chi connectivity index (χ0n) is 11.9. The van der Waals surface area contributed by atoms with Crippen molar-refractivity contribution < 1.29 is 9.47 Å². The molecule has 0 bridgehead atoms. The van der Waals surface area contributed by atoms with Crippen molar-refractivity contribution in [1.82, 2.24) is 0 Å². The van der Waals surface area contributed by atoms with Gasteiger partial charge in [0, 0.05) is 6.04 Å². The maximum atomic E-state index is 6.21. The molecule has 0 unspecified atom stereocenters. The van der Waals surface area contributed by atoms with Crippen LogP contribution in [0.5, 0.6) is 11.5 Å². The highest BCUT2D eigenvalue weighted by molar-refractivity contribution is 9.10. The van der Waals surface area contributed by atoms with Gasteiger partial charge in [-0.1, -0.05) is 13.8 Å². The monoisotopic (exact) mass is 351 g/mol. The molecule has 5 heteroatoms. The SMILES string of the molecule is COc1cc([C@@H](N)CCC(C)C)cc(OC)c1Br.Cl. The highest BCUT2D eigenvalue weighted by atomic mass is 79.9. The molecule has 0 aromatic heterocycles. The minimum absolute atomic E-state index is 0. The van der Waals surface area contributed by atoms with E-state index in [1.54, 1.807) is 14.2 Å². The Balaban J connectivity index is 0.00000324. The first-order valence-corrected chi connectivity index (χ1v) is 6.95. The Morgan fingerprint density at radius 1 is 1.11 bits per heavy atom. The van der Waals surface area contributed by atoms with E-state index in [0.717, 1.165) is 34.4 Å². The Kier molecular flexibility index (Phi) is 8.46. The van der Waals surface area contributed by atoms with E-state index in [9.17, 15) is 0 Å². The number of rotatable bonds is 6. The van der Waals surface area contributed by atoms with E-state index in [4.69, 9.17) is 15.2 Å². The average molecular weight is 353 g/mol. The van der Waals surface area contributed by atoms with Crippen LogP contribution in [0.1, 0.15) is 38.3 Å². The zero-order chi connectivity index (χ0) is 13.7. The Morgan fingerprint density at radius 2 is 1.58 bits per heavy atom. The summed E-state index contributed by atoms with van der Waals surface area (Å²) in [5.41, 5.74) is 7.26. The van der Waals surface area contributed by atoms with Gasteiger partial charge in [0.2, 0.25) is 0 Å². The third-order valence-corrected chi connectivity index (χ3v) is 3.73. The molecule has 0 fully saturated rings. The van der Waals surface area contributed by atoms with Crippen LogP contribution in [0.25, 0.3) is 0 Å². The predicted molar refractivity (Wildman–Crippen MR) is 85.5 cm³/mol. The molecular formula is C14H23BrClNO2. The first-order chi connectivity index (χ1) is 8.49. The first kappa shape index (κ1) is 18.6. The van der Waals surface area contributed by atoms with Gasteiger partial charge in [-0.2, -0.15) is 0 Å². The largest absolute Gasteiger partial charge is 0.495 e. The maximum absolute atomic E-state index is 6.21. The second-order valence-corrected chi connectivity index (χ2v) is 5.61. The molecule has 1 aromatic carbocycles. The van der Waals surface area contributed by atoms with E-state index >= 15 is 0 Å². The summed E-state index contributed by atoms with van der Waals surface area (Å²) >= 11 is 3.46. The van der Waals surface area contributed by atoms with Crippen molar-refractivity contribution in [3.8, 4) is 11.5 Å². The van der Waals surface area contributed by atoms with Crippen LogP contribution in [0.2, 0.25) is 0 Å². The molecule has 3 nitrogen and oxygen atoms in total. The standard InChI is InChI=1S/C14H22BrNO2.ClH/c1-9(2)5-6-11(16)10-7-12(17-3)14(15)13(8-10)18-4;/h7-9,11H,5-6,16H2,1-4H3;1H/t11-;/m0./s1. The van der Waals surface area contributed by atoms with E-state index in [0.29, 0.717) is 5.92 Å². The van der Waals surface area contributed by atoms with E-state index in [1.165, 1.54) is 0 Å². The molecule has 1 rings (SSSR count). The molecule has 0 saturated carbocycles. The van der Waals surface area contributed by atoms with Crippen LogP contribution in [0.4, 0.5) is 0 Å². The van der Waals surface area contributed by atoms with Crippen LogP contribution >= 0.6 is 28.3 Å². The fourth-order valence-corrected chi connectivity index (χ4v) is 2.34. The Labute approximate surface area is 130 Å². The van der Waals surface area contributed by atoms with Crippen LogP contribution < -0.4 is 15.2 Å². The predicted octanol–water partition coefficient (Wildman–Crippen LogP) is 4.32. The normalized spacial score (nSPS) is 11.9. The van der Waals surface area contributed by atoms with Crippen LogP contribution in [0.3, 0.4) is 0 Å². The second kappa shape index (κ2) is 8.67. The molecule has 0 spiro atoms. The van der Waals surface area contributed by atoms with Crippen LogP contribution in [-0.2, 0) is 0 Å². The van der Waals surface area contributed by atoms with Crippen LogP contribution in [-0.4, -0.2) is 14.2 Å². The lowest BCUT2D eigenvalue weighted by Gasteiger charge is -2.17. The van der Waals surface area contributed by atoms with Crippen LogP contribution in [0.15, 0.2) is 16.6 Å². The quantitative estimate of drug-likeness (QED) is 0.829. The molecule has 0 aliphatic carbocycles. The van der Waals surface area contributed by atoms with Crippen molar-refractivity contribution in [2.24, 2.45) is 11.7 Å². The Hall–Kier alpha value is -0.450. The van der Waals surface area contributed by atoms with Gasteiger partial charge < -0.3 is 15.2 Å². The topological polar surface area (TPSA) is 44.5 Å². The summed E-state index contributed by atoms with van der Waals surface area (Å²) in [6.07, 6.45) is 2.08. The van der Waals surface area contributed by atoms with Crippen molar-refractivity contribution in [3.05, 3.63) is 22.2 Å². The minimum atomic E-state index is 0. The fourth-order valence-electron chi connectivity index (χ4n) is 1.78. The van der Waals surface area contributed by atoms with Crippen molar-refractivity contribution in [2.45, 2.75) is 32.7 Å². The summed E-state index contributed by atoms with van der Waals surface area (Å²) in [7, 11) is 3.28. The maximum Gasteiger partial charge on any atom is 0.137 e. The van der Waals surface area contributed by atoms with Gasteiger partial charge in [0.15, 0.2) is 0 Å². The number of methoxy groups -OCH3 is 2. The summed E-state index contributed by atoms with van der Waals surface area (Å²) in [5, 5.41) is 0. The molecule has 0 aliphatic rings. The van der Waals surface area contributed by atoms with E-state index in [-0.39, 0.29) is 18.4 Å². The van der Waals surface area contributed by atoms with Gasteiger partial charge in [-0.25, -0.2) is 0 Å². The van der Waals surface area contributed by atoms with Gasteiger partial charge in [0.1, 0.15) is 16.0 Å². The van der Waals surface area contributed by atoms with Crippen molar-refractivity contribution >= 4 is 28.3 Å². The summed E-state index contributed by atoms with van der Waals surface area (Å²) in [4.78, 5) is 0. The smallest absolute Gasteiger partial charge is 0.137 e. The molecular weight excluding hydrogens is 330 g/mol. The van der Waals surface area contributed by atoms with Crippen LogP contribution in [0, 0.1) is 5.92 Å².